The molecule has 0 radical (unpaired) electrons. The van der Waals surface area contributed by atoms with Gasteiger partial charge in [0.15, 0.2) is 0 Å². The fourth-order valence-electron chi connectivity index (χ4n) is 0.930. The van der Waals surface area contributed by atoms with Crippen molar-refractivity contribution in [2.24, 2.45) is 0 Å². The lowest BCUT2D eigenvalue weighted by Gasteiger charge is -2.03. The summed E-state index contributed by atoms with van der Waals surface area (Å²) in [5.74, 6) is 0. The summed E-state index contributed by atoms with van der Waals surface area (Å²) < 4.78 is 0. The highest BCUT2D eigenvalue weighted by Crippen LogP contribution is 2.12. The van der Waals surface area contributed by atoms with Crippen LogP contribution in [0.15, 0.2) is 24.3 Å². The number of hydrogen-bond acceptors (Lipinski definition) is 1. The Kier molecular flexibility index (Phi) is 5.39. The van der Waals surface area contributed by atoms with Crippen molar-refractivity contribution in [3.8, 4) is 0 Å². The van der Waals surface area contributed by atoms with Crippen LogP contribution < -0.4 is 0 Å². The van der Waals surface area contributed by atoms with Crippen LogP contribution >= 0.6 is 0 Å². The molecule has 1 atom stereocenters. The Hall–Kier alpha value is -0.820. The molecule has 1 nitrogen and oxygen atoms in total. The molecule has 0 fully saturated rings. The zero-order valence-corrected chi connectivity index (χ0v) is 8.33. The molecule has 0 aliphatic rings. The first kappa shape index (κ1) is 11.2. The second-order valence-corrected chi connectivity index (χ2v) is 2.59. The van der Waals surface area contributed by atoms with Crippen LogP contribution in [0.2, 0.25) is 0 Å². The highest BCUT2D eigenvalue weighted by atomic mass is 16.3. The lowest BCUT2D eigenvalue weighted by Crippen LogP contribution is -1.89. The van der Waals surface area contributed by atoms with E-state index in [9.17, 15) is 0 Å². The summed E-state index contributed by atoms with van der Waals surface area (Å²) in [6.07, 6.45) is -0.347. The van der Waals surface area contributed by atoms with E-state index in [0.717, 1.165) is 5.56 Å². The minimum Gasteiger partial charge on any atom is -0.389 e. The highest BCUT2D eigenvalue weighted by Gasteiger charge is 1.97. The van der Waals surface area contributed by atoms with Gasteiger partial charge in [-0.05, 0) is 19.4 Å². The summed E-state index contributed by atoms with van der Waals surface area (Å²) in [6, 6.07) is 7.89. The van der Waals surface area contributed by atoms with E-state index in [1.807, 2.05) is 45.0 Å². The molecule has 68 valence electrons. The second-order valence-electron chi connectivity index (χ2n) is 2.59. The van der Waals surface area contributed by atoms with Crippen molar-refractivity contribution in [3.63, 3.8) is 0 Å². The topological polar surface area (TPSA) is 20.2 Å². The fourth-order valence-corrected chi connectivity index (χ4v) is 0.930. The van der Waals surface area contributed by atoms with Crippen LogP contribution in [-0.4, -0.2) is 5.11 Å². The zero-order chi connectivity index (χ0) is 9.56. The molecule has 1 aromatic carbocycles. The average Bonchev–Trinajstić information content (AvgIpc) is 2.08. The summed E-state index contributed by atoms with van der Waals surface area (Å²) in [7, 11) is 0. The van der Waals surface area contributed by atoms with E-state index < -0.39 is 0 Å². The molecule has 1 rings (SSSR count). The van der Waals surface area contributed by atoms with Gasteiger partial charge in [-0.1, -0.05) is 43.7 Å². The third-order valence-electron chi connectivity index (χ3n) is 1.52. The normalized spacial score (nSPS) is 11.4. The summed E-state index contributed by atoms with van der Waals surface area (Å²) in [5, 5.41) is 9.15. The van der Waals surface area contributed by atoms with E-state index in [1.54, 1.807) is 6.92 Å². The van der Waals surface area contributed by atoms with Gasteiger partial charge < -0.3 is 5.11 Å². The van der Waals surface area contributed by atoms with E-state index in [0.29, 0.717) is 0 Å². The Bertz CT molecular complexity index is 216. The second kappa shape index (κ2) is 5.78. The predicted molar refractivity (Wildman–Crippen MR) is 53.2 cm³/mol. The van der Waals surface area contributed by atoms with Gasteiger partial charge in [-0.2, -0.15) is 0 Å². The molecule has 0 aromatic heterocycles. The van der Waals surface area contributed by atoms with E-state index in [-0.39, 0.29) is 6.10 Å². The lowest BCUT2D eigenvalue weighted by molar-refractivity contribution is 0.199. The van der Waals surface area contributed by atoms with Gasteiger partial charge in [-0.15, -0.1) is 0 Å². The Morgan fingerprint density at radius 3 is 2.17 bits per heavy atom. The smallest absolute Gasteiger partial charge is 0.0762 e. The maximum atomic E-state index is 9.15. The third kappa shape index (κ3) is 3.54. The van der Waals surface area contributed by atoms with Crippen molar-refractivity contribution in [2.45, 2.75) is 33.8 Å². The Morgan fingerprint density at radius 2 is 1.83 bits per heavy atom. The molecule has 0 spiro atoms. The maximum absolute atomic E-state index is 9.15. The van der Waals surface area contributed by atoms with Crippen LogP contribution in [0.4, 0.5) is 0 Å². The van der Waals surface area contributed by atoms with Crippen LogP contribution in [0.25, 0.3) is 0 Å². The van der Waals surface area contributed by atoms with E-state index in [2.05, 4.69) is 0 Å². The van der Waals surface area contributed by atoms with Crippen molar-refractivity contribution >= 4 is 0 Å². The molecule has 1 heteroatoms. The van der Waals surface area contributed by atoms with Gasteiger partial charge in [-0.3, -0.25) is 0 Å². The van der Waals surface area contributed by atoms with Gasteiger partial charge in [0.05, 0.1) is 6.10 Å². The number of aliphatic hydroxyl groups is 1. The summed E-state index contributed by atoms with van der Waals surface area (Å²) in [5.41, 5.74) is 2.18. The van der Waals surface area contributed by atoms with E-state index in [4.69, 9.17) is 5.11 Å². The van der Waals surface area contributed by atoms with Gasteiger partial charge in [0.2, 0.25) is 0 Å². The first-order valence-corrected chi connectivity index (χ1v) is 4.45. The van der Waals surface area contributed by atoms with E-state index in [1.165, 1.54) is 5.56 Å². The Labute approximate surface area is 75.1 Å². The molecule has 0 heterocycles. The minimum absolute atomic E-state index is 0.347. The summed E-state index contributed by atoms with van der Waals surface area (Å²) in [6.45, 7) is 7.79. The molecule has 0 saturated heterocycles. The molecule has 0 aliphatic heterocycles. The van der Waals surface area contributed by atoms with E-state index >= 15 is 0 Å². The molecule has 0 saturated carbocycles. The van der Waals surface area contributed by atoms with Crippen LogP contribution in [0.3, 0.4) is 0 Å². The van der Waals surface area contributed by atoms with Crippen LogP contribution in [-0.2, 0) is 0 Å². The quantitative estimate of drug-likeness (QED) is 0.679. The van der Waals surface area contributed by atoms with Crippen molar-refractivity contribution in [1.29, 1.82) is 0 Å². The molecule has 1 aromatic rings. The first-order chi connectivity index (χ1) is 5.70. The van der Waals surface area contributed by atoms with Crippen molar-refractivity contribution in [3.05, 3.63) is 35.4 Å². The van der Waals surface area contributed by atoms with Crippen LogP contribution in [0, 0.1) is 6.92 Å². The molecule has 0 amide bonds. The van der Waals surface area contributed by atoms with Gasteiger partial charge in [0.1, 0.15) is 0 Å². The monoisotopic (exact) mass is 166 g/mol. The third-order valence-corrected chi connectivity index (χ3v) is 1.52. The molecule has 1 unspecified atom stereocenters. The minimum atomic E-state index is -0.347. The lowest BCUT2D eigenvalue weighted by atomic mass is 10.1. The molecule has 0 aliphatic carbocycles. The number of aryl methyl sites for hydroxylation is 1. The maximum Gasteiger partial charge on any atom is 0.0762 e. The number of hydrogen-bond donors (Lipinski definition) is 1. The summed E-state index contributed by atoms with van der Waals surface area (Å²) in [4.78, 5) is 0. The fraction of sp³-hybridized carbons (Fsp3) is 0.455. The van der Waals surface area contributed by atoms with Gasteiger partial charge in [-0.25, -0.2) is 0 Å². The van der Waals surface area contributed by atoms with Crippen molar-refractivity contribution in [1.82, 2.24) is 0 Å². The zero-order valence-electron chi connectivity index (χ0n) is 8.33. The van der Waals surface area contributed by atoms with Gasteiger partial charge in [0.25, 0.3) is 0 Å². The molecule has 0 bridgehead atoms. The van der Waals surface area contributed by atoms with Crippen molar-refractivity contribution < 1.29 is 5.11 Å². The standard InChI is InChI=1S/C9H12O.C2H6/c1-7-4-3-5-9(6-7)8(2)10;1-2/h3-6,8,10H,1-2H3;1-2H3. The Balaban J connectivity index is 0.000000561. The Morgan fingerprint density at radius 1 is 1.25 bits per heavy atom. The number of aliphatic hydroxyl groups excluding tert-OH is 1. The predicted octanol–water partition coefficient (Wildman–Crippen LogP) is 3.07. The van der Waals surface area contributed by atoms with Gasteiger partial charge in [0, 0.05) is 0 Å². The molecule has 1 N–H and O–H groups in total. The molecular formula is C11H18O. The first-order valence-electron chi connectivity index (χ1n) is 4.45. The van der Waals surface area contributed by atoms with Crippen LogP contribution in [0.5, 0.6) is 0 Å². The van der Waals surface area contributed by atoms with Crippen LogP contribution in [0.1, 0.15) is 38.0 Å². The highest BCUT2D eigenvalue weighted by molar-refractivity contribution is 5.23. The number of benzene rings is 1. The largest absolute Gasteiger partial charge is 0.389 e. The van der Waals surface area contributed by atoms with Gasteiger partial charge >= 0.3 is 0 Å². The number of rotatable bonds is 1. The summed E-state index contributed by atoms with van der Waals surface area (Å²) >= 11 is 0. The molecular weight excluding hydrogens is 148 g/mol. The SMILES string of the molecule is CC.Cc1cccc(C(C)O)c1. The average molecular weight is 166 g/mol. The molecule has 12 heavy (non-hydrogen) atoms. The van der Waals surface area contributed by atoms with Crippen molar-refractivity contribution in [2.75, 3.05) is 0 Å².